The zero-order chi connectivity index (χ0) is 11.7. The van der Waals surface area contributed by atoms with Gasteiger partial charge in [-0.1, -0.05) is 18.6 Å². The highest BCUT2D eigenvalue weighted by Gasteiger charge is 2.32. The van der Waals surface area contributed by atoms with Crippen LogP contribution in [0.2, 0.25) is 0 Å². The van der Waals surface area contributed by atoms with Crippen LogP contribution in [-0.4, -0.2) is 16.3 Å². The molecule has 1 aromatic carbocycles. The molecule has 4 heteroatoms. The predicted octanol–water partition coefficient (Wildman–Crippen LogP) is 1.69. The van der Waals surface area contributed by atoms with Gasteiger partial charge in [0.25, 0.3) is 0 Å². The number of aliphatic hydroxyl groups is 1. The summed E-state index contributed by atoms with van der Waals surface area (Å²) in [5.74, 6) is -0.972. The van der Waals surface area contributed by atoms with Crippen LogP contribution in [0.4, 0.5) is 4.39 Å². The van der Waals surface area contributed by atoms with Crippen molar-refractivity contribution in [2.45, 2.75) is 31.4 Å². The van der Waals surface area contributed by atoms with Gasteiger partial charge in [0, 0.05) is 5.56 Å². The van der Waals surface area contributed by atoms with Gasteiger partial charge in [0.1, 0.15) is 0 Å². The molecule has 0 aromatic heterocycles. The van der Waals surface area contributed by atoms with Gasteiger partial charge in [-0.15, -0.1) is 0 Å². The van der Waals surface area contributed by atoms with Gasteiger partial charge in [-0.05, 0) is 24.8 Å². The minimum absolute atomic E-state index is 0.178. The van der Waals surface area contributed by atoms with Gasteiger partial charge in [-0.2, -0.15) is 0 Å². The summed E-state index contributed by atoms with van der Waals surface area (Å²) in [6.07, 6.45) is 2.29. The van der Waals surface area contributed by atoms with E-state index in [2.05, 4.69) is 0 Å². The largest absolute Gasteiger partial charge is 0.505 e. The van der Waals surface area contributed by atoms with Crippen LogP contribution in [0.3, 0.4) is 0 Å². The maximum Gasteiger partial charge on any atom is 0.165 e. The Labute approximate surface area is 93.7 Å². The summed E-state index contributed by atoms with van der Waals surface area (Å²) in [7, 11) is 0. The van der Waals surface area contributed by atoms with E-state index in [-0.39, 0.29) is 11.5 Å². The van der Waals surface area contributed by atoms with E-state index in [1.807, 2.05) is 0 Å². The van der Waals surface area contributed by atoms with Gasteiger partial charge in [0.15, 0.2) is 11.6 Å². The molecule has 1 aliphatic rings. The Morgan fingerprint density at radius 3 is 2.62 bits per heavy atom. The number of rotatable bonds is 3. The van der Waals surface area contributed by atoms with Crippen molar-refractivity contribution in [2.75, 3.05) is 0 Å². The number of phenols is 1. The maximum atomic E-state index is 13.1. The zero-order valence-corrected chi connectivity index (χ0v) is 8.94. The summed E-state index contributed by atoms with van der Waals surface area (Å²) in [6.45, 7) is 0. The number of halogens is 1. The molecule has 3 nitrogen and oxygen atoms in total. The van der Waals surface area contributed by atoms with Gasteiger partial charge < -0.3 is 15.9 Å². The first-order chi connectivity index (χ1) is 7.61. The molecule has 0 unspecified atom stereocenters. The Morgan fingerprint density at radius 2 is 2.06 bits per heavy atom. The molecule has 0 spiro atoms. The highest BCUT2D eigenvalue weighted by molar-refractivity contribution is 5.36. The summed E-state index contributed by atoms with van der Waals surface area (Å²) in [5, 5.41) is 19.5. The lowest BCUT2D eigenvalue weighted by atomic mass is 9.77. The van der Waals surface area contributed by atoms with Crippen LogP contribution < -0.4 is 5.73 Å². The number of hydrogen-bond donors (Lipinski definition) is 3. The Balaban J connectivity index is 2.19. The molecule has 0 bridgehead atoms. The Hall–Kier alpha value is -1.13. The van der Waals surface area contributed by atoms with Crippen LogP contribution in [0.15, 0.2) is 18.2 Å². The van der Waals surface area contributed by atoms with E-state index in [0.29, 0.717) is 0 Å². The number of aromatic hydroxyl groups is 1. The summed E-state index contributed by atoms with van der Waals surface area (Å²) in [4.78, 5) is 0. The van der Waals surface area contributed by atoms with Crippen LogP contribution >= 0.6 is 0 Å². The minimum Gasteiger partial charge on any atom is -0.505 e. The molecule has 2 rings (SSSR count). The molecule has 2 atom stereocenters. The van der Waals surface area contributed by atoms with Crippen LogP contribution in [0.1, 0.15) is 30.9 Å². The number of hydrogen-bond acceptors (Lipinski definition) is 3. The van der Waals surface area contributed by atoms with E-state index in [1.165, 1.54) is 12.1 Å². The van der Waals surface area contributed by atoms with E-state index in [4.69, 9.17) is 5.73 Å². The topological polar surface area (TPSA) is 66.5 Å². The highest BCUT2D eigenvalue weighted by Crippen LogP contribution is 2.36. The van der Waals surface area contributed by atoms with Crippen molar-refractivity contribution in [1.82, 2.24) is 0 Å². The maximum absolute atomic E-state index is 13.1. The second kappa shape index (κ2) is 4.39. The number of phenolic OH excluding ortho intramolecular Hbond substituents is 1. The number of aliphatic hydroxyl groups excluding tert-OH is 1. The molecule has 16 heavy (non-hydrogen) atoms. The van der Waals surface area contributed by atoms with Gasteiger partial charge in [-0.25, -0.2) is 4.39 Å². The van der Waals surface area contributed by atoms with Crippen molar-refractivity contribution >= 4 is 0 Å². The molecular weight excluding hydrogens is 209 g/mol. The van der Waals surface area contributed by atoms with Gasteiger partial charge in [0.05, 0.1) is 12.1 Å². The normalized spacial score (nSPS) is 20.2. The molecule has 0 aliphatic heterocycles. The fourth-order valence-electron chi connectivity index (χ4n) is 2.06. The lowest BCUT2D eigenvalue weighted by molar-refractivity contribution is 0.0406. The standard InChI is InChI=1S/C12H16FNO2/c13-9-6-2-5-8(12(9)16)10(14)11(15)7-3-1-4-7/h2,5-7,10-11,15-16H,1,3-4,14H2/t10-,11+/m0/s1. The van der Waals surface area contributed by atoms with Gasteiger partial charge in [0.2, 0.25) is 0 Å². The third kappa shape index (κ3) is 1.90. The first kappa shape index (κ1) is 11.4. The molecular formula is C12H16FNO2. The quantitative estimate of drug-likeness (QED) is 0.733. The van der Waals surface area contributed by atoms with Gasteiger partial charge in [-0.3, -0.25) is 0 Å². The lowest BCUT2D eigenvalue weighted by Gasteiger charge is -2.33. The lowest BCUT2D eigenvalue weighted by Crippen LogP contribution is -2.36. The van der Waals surface area contributed by atoms with Crippen LogP contribution in [0.25, 0.3) is 0 Å². The number of benzene rings is 1. The van der Waals surface area contributed by atoms with Crippen molar-refractivity contribution in [2.24, 2.45) is 11.7 Å². The van der Waals surface area contributed by atoms with Crippen molar-refractivity contribution < 1.29 is 14.6 Å². The van der Waals surface area contributed by atoms with Crippen molar-refractivity contribution in [1.29, 1.82) is 0 Å². The SMILES string of the molecule is N[C@@H](c1cccc(F)c1O)[C@H](O)C1CCC1. The molecule has 1 saturated carbocycles. The fourth-order valence-corrected chi connectivity index (χ4v) is 2.06. The highest BCUT2D eigenvalue weighted by atomic mass is 19.1. The Morgan fingerprint density at radius 1 is 1.38 bits per heavy atom. The van der Waals surface area contributed by atoms with E-state index >= 15 is 0 Å². The Kier molecular flexibility index (Phi) is 3.12. The molecule has 4 N–H and O–H groups in total. The van der Waals surface area contributed by atoms with Crippen molar-refractivity contribution in [3.8, 4) is 5.75 Å². The second-order valence-corrected chi connectivity index (χ2v) is 4.39. The number of nitrogens with two attached hydrogens (primary N) is 1. The predicted molar refractivity (Wildman–Crippen MR) is 58.3 cm³/mol. The molecule has 1 aliphatic carbocycles. The summed E-state index contributed by atoms with van der Waals surface area (Å²) >= 11 is 0. The van der Waals surface area contributed by atoms with E-state index < -0.39 is 23.7 Å². The van der Waals surface area contributed by atoms with Gasteiger partial charge >= 0.3 is 0 Å². The van der Waals surface area contributed by atoms with E-state index in [1.54, 1.807) is 6.07 Å². The zero-order valence-electron chi connectivity index (χ0n) is 8.94. The van der Waals surface area contributed by atoms with Crippen LogP contribution in [-0.2, 0) is 0 Å². The summed E-state index contributed by atoms with van der Waals surface area (Å²) < 4.78 is 13.1. The molecule has 1 fully saturated rings. The summed E-state index contributed by atoms with van der Waals surface area (Å²) in [5.41, 5.74) is 6.12. The average molecular weight is 225 g/mol. The third-order valence-electron chi connectivity index (χ3n) is 3.38. The monoisotopic (exact) mass is 225 g/mol. The van der Waals surface area contributed by atoms with Crippen LogP contribution in [0.5, 0.6) is 5.75 Å². The Bertz CT molecular complexity index is 379. The van der Waals surface area contributed by atoms with Crippen LogP contribution in [0, 0.1) is 11.7 Å². The first-order valence-corrected chi connectivity index (χ1v) is 5.52. The van der Waals surface area contributed by atoms with E-state index in [0.717, 1.165) is 19.3 Å². The molecule has 88 valence electrons. The molecule has 1 aromatic rings. The molecule has 0 heterocycles. The first-order valence-electron chi connectivity index (χ1n) is 5.52. The van der Waals surface area contributed by atoms with Crippen molar-refractivity contribution in [3.05, 3.63) is 29.6 Å². The van der Waals surface area contributed by atoms with Crippen molar-refractivity contribution in [3.63, 3.8) is 0 Å². The fraction of sp³-hybridized carbons (Fsp3) is 0.500. The average Bonchev–Trinajstić information content (AvgIpc) is 2.18. The third-order valence-corrected chi connectivity index (χ3v) is 3.38. The molecule has 0 saturated heterocycles. The smallest absolute Gasteiger partial charge is 0.165 e. The summed E-state index contributed by atoms with van der Waals surface area (Å²) in [6, 6.07) is 3.48. The second-order valence-electron chi connectivity index (χ2n) is 4.39. The van der Waals surface area contributed by atoms with E-state index in [9.17, 15) is 14.6 Å². The molecule has 0 radical (unpaired) electrons. The molecule has 0 amide bonds. The minimum atomic E-state index is -0.721. The number of para-hydroxylation sites is 1.